The second-order valence-electron chi connectivity index (χ2n) is 11.1. The highest BCUT2D eigenvalue weighted by Gasteiger charge is 2.48. The van der Waals surface area contributed by atoms with E-state index in [2.05, 4.69) is 16.9 Å². The van der Waals surface area contributed by atoms with E-state index in [1.165, 1.54) is 12.1 Å². The third kappa shape index (κ3) is 7.45. The van der Waals surface area contributed by atoms with Gasteiger partial charge in [0.25, 0.3) is 11.8 Å². The molecule has 0 unspecified atom stereocenters. The molecule has 2 N–H and O–H groups in total. The lowest BCUT2D eigenvalue weighted by atomic mass is 9.83. The second-order valence-corrected chi connectivity index (χ2v) is 13.5. The lowest BCUT2D eigenvalue weighted by Gasteiger charge is -2.47. The molecule has 2 aliphatic heterocycles. The van der Waals surface area contributed by atoms with Crippen molar-refractivity contribution in [1.29, 1.82) is 0 Å². The summed E-state index contributed by atoms with van der Waals surface area (Å²) < 4.78 is 47.7. The van der Waals surface area contributed by atoms with Gasteiger partial charge in [-0.25, -0.2) is 13.2 Å². The normalized spacial score (nSPS) is 18.1. The van der Waals surface area contributed by atoms with Crippen LogP contribution in [0.1, 0.15) is 41.8 Å². The van der Waals surface area contributed by atoms with Crippen LogP contribution in [0.2, 0.25) is 5.02 Å². The zero-order valence-corrected chi connectivity index (χ0v) is 26.8. The van der Waals surface area contributed by atoms with Crippen molar-refractivity contribution in [2.75, 3.05) is 44.8 Å². The zero-order chi connectivity index (χ0) is 31.3. The molecule has 2 aliphatic rings. The van der Waals surface area contributed by atoms with Crippen LogP contribution in [0.5, 0.6) is 5.75 Å². The number of carbonyl (C=O) groups is 2. The molecule has 0 spiro atoms. The summed E-state index contributed by atoms with van der Waals surface area (Å²) in [7, 11) is 0. The SMILES string of the molecule is CSCCCOc1ccc(-c2cc(C(=O)NC(=O)C3(N4CCC(F)(F)CC4)CCNCC3)sc2-c2ccc(F)cc2Cl)cc1. The van der Waals surface area contributed by atoms with E-state index in [-0.39, 0.29) is 35.8 Å². The predicted molar refractivity (Wildman–Crippen MR) is 172 cm³/mol. The van der Waals surface area contributed by atoms with Crippen molar-refractivity contribution < 1.29 is 27.5 Å². The molecule has 2 amide bonds. The van der Waals surface area contributed by atoms with Crippen molar-refractivity contribution in [2.45, 2.75) is 43.6 Å². The minimum absolute atomic E-state index is 0.0856. The number of thioether (sulfide) groups is 1. The molecular formula is C32H35ClF3N3O3S2. The Morgan fingerprint density at radius 1 is 1.05 bits per heavy atom. The number of piperidine rings is 2. The van der Waals surface area contributed by atoms with E-state index in [0.29, 0.717) is 48.5 Å². The van der Waals surface area contributed by atoms with E-state index in [4.69, 9.17) is 16.3 Å². The minimum atomic E-state index is -2.75. The highest BCUT2D eigenvalue weighted by Crippen LogP contribution is 2.43. The Morgan fingerprint density at radius 3 is 2.41 bits per heavy atom. The van der Waals surface area contributed by atoms with Crippen molar-refractivity contribution >= 4 is 46.5 Å². The Kier molecular flexibility index (Phi) is 10.6. The van der Waals surface area contributed by atoms with Crippen molar-refractivity contribution in [2.24, 2.45) is 0 Å². The number of imide groups is 1. The lowest BCUT2D eigenvalue weighted by Crippen LogP contribution is -2.65. The number of hydrogen-bond acceptors (Lipinski definition) is 7. The van der Waals surface area contributed by atoms with E-state index in [1.807, 2.05) is 29.2 Å². The van der Waals surface area contributed by atoms with Gasteiger partial charge in [0, 0.05) is 41.9 Å². The smallest absolute Gasteiger partial charge is 0.268 e. The summed E-state index contributed by atoms with van der Waals surface area (Å²) in [5.41, 5.74) is 0.999. The number of thiophene rings is 1. The fourth-order valence-corrected chi connectivity index (χ4v) is 7.62. The van der Waals surface area contributed by atoms with E-state index in [0.717, 1.165) is 34.8 Å². The maximum absolute atomic E-state index is 13.9. The molecule has 12 heteroatoms. The largest absolute Gasteiger partial charge is 0.494 e. The topological polar surface area (TPSA) is 70.7 Å². The average Bonchev–Trinajstić information content (AvgIpc) is 3.45. The van der Waals surface area contributed by atoms with Crippen molar-refractivity contribution in [1.82, 2.24) is 15.5 Å². The van der Waals surface area contributed by atoms with Gasteiger partial charge in [-0.1, -0.05) is 23.7 Å². The Balaban J connectivity index is 1.42. The third-order valence-electron chi connectivity index (χ3n) is 8.24. The molecule has 236 valence electrons. The van der Waals surface area contributed by atoms with Crippen LogP contribution in [0.15, 0.2) is 48.5 Å². The maximum atomic E-state index is 13.9. The number of nitrogens with one attached hydrogen (secondary N) is 2. The summed E-state index contributed by atoms with van der Waals surface area (Å²) >= 11 is 9.37. The van der Waals surface area contributed by atoms with Gasteiger partial charge >= 0.3 is 0 Å². The van der Waals surface area contributed by atoms with E-state index in [9.17, 15) is 22.8 Å². The van der Waals surface area contributed by atoms with E-state index >= 15 is 0 Å². The number of likely N-dealkylation sites (tertiary alicyclic amines) is 1. The Bertz CT molecular complexity index is 1470. The van der Waals surface area contributed by atoms with Gasteiger partial charge in [-0.2, -0.15) is 11.8 Å². The number of hydrogen-bond donors (Lipinski definition) is 2. The molecule has 0 atom stereocenters. The fourth-order valence-electron chi connectivity index (χ4n) is 5.79. The molecule has 3 aromatic rings. The molecule has 0 aliphatic carbocycles. The number of benzene rings is 2. The Hall–Kier alpha value is -2.57. The van der Waals surface area contributed by atoms with Crippen LogP contribution < -0.4 is 15.4 Å². The predicted octanol–water partition coefficient (Wildman–Crippen LogP) is 7.12. The van der Waals surface area contributed by atoms with Gasteiger partial charge in [0.2, 0.25) is 5.91 Å². The minimum Gasteiger partial charge on any atom is -0.494 e. The summed E-state index contributed by atoms with van der Waals surface area (Å²) in [5.74, 6) is -2.56. The van der Waals surface area contributed by atoms with Crippen LogP contribution >= 0.6 is 34.7 Å². The van der Waals surface area contributed by atoms with Gasteiger partial charge < -0.3 is 10.1 Å². The van der Waals surface area contributed by atoms with Gasteiger partial charge in [0.15, 0.2) is 0 Å². The number of halogens is 4. The first-order valence-electron chi connectivity index (χ1n) is 14.6. The zero-order valence-electron chi connectivity index (χ0n) is 24.4. The summed E-state index contributed by atoms with van der Waals surface area (Å²) in [5, 5.41) is 6.02. The van der Waals surface area contributed by atoms with Gasteiger partial charge in [0.1, 0.15) is 17.1 Å². The standard InChI is InChI=1S/C32H35ClF3N3O3S2/c1-43-18-2-17-42-23-6-3-21(4-7-23)25-20-27(44-28(25)24-8-5-22(34)19-26(24)33)29(40)38-30(41)31(9-13-37-14-10-31)39-15-11-32(35,36)12-16-39/h3-8,19-20,37H,2,9-18H2,1H3,(H,38,40,41). The third-order valence-corrected chi connectivity index (χ3v) is 10.4. The molecule has 0 bridgehead atoms. The molecule has 5 rings (SSSR count). The maximum Gasteiger partial charge on any atom is 0.268 e. The first kappa shape index (κ1) is 32.8. The number of alkyl halides is 2. The molecule has 44 heavy (non-hydrogen) atoms. The lowest BCUT2D eigenvalue weighted by molar-refractivity contribution is -0.141. The molecule has 1 aromatic heterocycles. The molecule has 3 heterocycles. The molecule has 2 fully saturated rings. The van der Waals surface area contributed by atoms with Crippen LogP contribution in [0.3, 0.4) is 0 Å². The van der Waals surface area contributed by atoms with Gasteiger partial charge in [0.05, 0.1) is 16.5 Å². The highest BCUT2D eigenvalue weighted by atomic mass is 35.5. The number of carbonyl (C=O) groups excluding carboxylic acids is 2. The van der Waals surface area contributed by atoms with Crippen LogP contribution in [0.4, 0.5) is 13.2 Å². The van der Waals surface area contributed by atoms with Gasteiger partial charge in [-0.15, -0.1) is 11.3 Å². The van der Waals surface area contributed by atoms with E-state index in [1.54, 1.807) is 23.9 Å². The number of amides is 2. The Labute approximate surface area is 268 Å². The summed E-state index contributed by atoms with van der Waals surface area (Å²) in [6.45, 7) is 1.86. The van der Waals surface area contributed by atoms with Crippen LogP contribution in [-0.2, 0) is 4.79 Å². The number of nitrogens with zero attached hydrogens (tertiary/aromatic N) is 1. The van der Waals surface area contributed by atoms with Crippen molar-refractivity contribution in [3.05, 3.63) is 64.2 Å². The van der Waals surface area contributed by atoms with E-state index < -0.39 is 29.1 Å². The summed E-state index contributed by atoms with van der Waals surface area (Å²) in [4.78, 5) is 30.2. The summed E-state index contributed by atoms with van der Waals surface area (Å²) in [6, 6.07) is 13.3. The average molecular weight is 666 g/mol. The van der Waals surface area contributed by atoms with Crippen LogP contribution in [0, 0.1) is 5.82 Å². The van der Waals surface area contributed by atoms with Gasteiger partial charge in [-0.3, -0.25) is 19.8 Å². The van der Waals surface area contributed by atoms with Crippen molar-refractivity contribution in [3.8, 4) is 27.3 Å². The molecule has 6 nitrogen and oxygen atoms in total. The fraction of sp³-hybridized carbons (Fsp3) is 0.438. The molecule has 0 radical (unpaired) electrons. The molecule has 2 aromatic carbocycles. The van der Waals surface area contributed by atoms with Crippen molar-refractivity contribution in [3.63, 3.8) is 0 Å². The molecule has 2 saturated heterocycles. The highest BCUT2D eigenvalue weighted by molar-refractivity contribution is 7.98. The quantitative estimate of drug-likeness (QED) is 0.178. The first-order chi connectivity index (χ1) is 21.1. The Morgan fingerprint density at radius 2 is 1.75 bits per heavy atom. The molecular weight excluding hydrogens is 631 g/mol. The molecule has 0 saturated carbocycles. The number of rotatable bonds is 10. The second kappa shape index (κ2) is 14.2. The monoisotopic (exact) mass is 665 g/mol. The van der Waals surface area contributed by atoms with Crippen LogP contribution in [0.25, 0.3) is 21.6 Å². The van der Waals surface area contributed by atoms with Gasteiger partial charge in [-0.05, 0) is 86.3 Å². The first-order valence-corrected chi connectivity index (χ1v) is 17.2. The number of ether oxygens (including phenoxy) is 1. The summed E-state index contributed by atoms with van der Waals surface area (Å²) in [6.07, 6.45) is 3.17. The van der Waals surface area contributed by atoms with Crippen LogP contribution in [-0.4, -0.2) is 73.0 Å².